The number of hydrogen-bond acceptors (Lipinski definition) is 5. The van der Waals surface area contributed by atoms with Gasteiger partial charge in [0, 0.05) is 5.56 Å². The van der Waals surface area contributed by atoms with E-state index in [-0.39, 0.29) is 5.78 Å². The minimum absolute atomic E-state index is 0.281. The first kappa shape index (κ1) is 13.8. The Morgan fingerprint density at radius 1 is 1.17 bits per heavy atom. The average Bonchev–Trinajstić information content (AvgIpc) is 2.39. The summed E-state index contributed by atoms with van der Waals surface area (Å²) in [5.41, 5.74) is 0.353. The van der Waals surface area contributed by atoms with Crippen LogP contribution < -0.4 is 0 Å². The van der Waals surface area contributed by atoms with Crippen molar-refractivity contribution in [2.24, 2.45) is 16.2 Å². The van der Waals surface area contributed by atoms with Crippen LogP contribution in [0.4, 0.5) is 4.39 Å². The zero-order chi connectivity index (χ0) is 13.4. The number of hydrogen-bond donors (Lipinski definition) is 0. The summed E-state index contributed by atoms with van der Waals surface area (Å²) in [6, 6.07) is 5.22. The molecule has 0 N–H and O–H groups in total. The van der Waals surface area contributed by atoms with Crippen LogP contribution in [-0.4, -0.2) is 32.4 Å². The van der Waals surface area contributed by atoms with Crippen molar-refractivity contribution in [2.45, 2.75) is 0 Å². The normalized spacial score (nSPS) is 12.8. The molecule has 0 aromatic heterocycles. The van der Waals surface area contributed by atoms with Gasteiger partial charge in [-0.3, -0.25) is 4.79 Å². The van der Waals surface area contributed by atoms with Crippen LogP contribution in [0.3, 0.4) is 0 Å². The van der Waals surface area contributed by atoms with Crippen molar-refractivity contribution >= 4 is 18.2 Å². The fourth-order valence-corrected chi connectivity index (χ4v) is 1.23. The third-order valence-electron chi connectivity index (χ3n) is 2.09. The largest absolute Gasteiger partial charge is 0.399 e. The Labute approximate surface area is 104 Å². The number of nitrogens with zero attached hydrogens (tertiary/aromatic N) is 2. The van der Waals surface area contributed by atoms with Gasteiger partial charge in [0.25, 0.3) is 0 Å². The summed E-state index contributed by atoms with van der Waals surface area (Å²) in [4.78, 5) is 21.1. The van der Waals surface area contributed by atoms with Crippen LogP contribution in [0.25, 0.3) is 0 Å². The van der Waals surface area contributed by atoms with E-state index >= 15 is 0 Å². The van der Waals surface area contributed by atoms with Crippen molar-refractivity contribution in [3.05, 3.63) is 35.6 Å². The Bertz CT molecular complexity index is 429. The van der Waals surface area contributed by atoms with Crippen molar-refractivity contribution in [1.82, 2.24) is 0 Å². The highest BCUT2D eigenvalue weighted by Gasteiger charge is 2.17. The highest BCUT2D eigenvalue weighted by Crippen LogP contribution is 2.08. The summed E-state index contributed by atoms with van der Waals surface area (Å²) in [6.45, 7) is 0. The summed E-state index contributed by atoms with van der Waals surface area (Å²) >= 11 is 0. The number of rotatable bonds is 6. The van der Waals surface area contributed by atoms with E-state index in [1.54, 1.807) is 0 Å². The van der Waals surface area contributed by atoms with E-state index in [4.69, 9.17) is 0 Å². The summed E-state index contributed by atoms with van der Waals surface area (Å²) in [6.07, 6.45) is 2.57. The molecule has 0 spiro atoms. The van der Waals surface area contributed by atoms with Gasteiger partial charge in [0.1, 0.15) is 20.0 Å². The summed E-state index contributed by atoms with van der Waals surface area (Å²) in [5, 5.41) is 7.04. The standard InChI is InChI=1S/C12H13FN2O3/c1-17-14-7-10(8-15-18-2)12(16)9-3-5-11(13)6-4-9/h3-8,10H,1-2H3/b14-7-,15-8+. The van der Waals surface area contributed by atoms with Crippen LogP contribution in [0, 0.1) is 11.7 Å². The number of Topliss-reactive ketones (excluding diaryl/α,β-unsaturated/α-hetero) is 1. The lowest BCUT2D eigenvalue weighted by Crippen LogP contribution is -2.18. The summed E-state index contributed by atoms with van der Waals surface area (Å²) < 4.78 is 12.8. The van der Waals surface area contributed by atoms with E-state index < -0.39 is 11.7 Å². The molecule has 0 aliphatic rings. The Balaban J connectivity index is 2.90. The molecule has 5 nitrogen and oxygen atoms in total. The van der Waals surface area contributed by atoms with Gasteiger partial charge >= 0.3 is 0 Å². The maximum absolute atomic E-state index is 12.8. The zero-order valence-electron chi connectivity index (χ0n) is 10.0. The molecule has 18 heavy (non-hydrogen) atoms. The van der Waals surface area contributed by atoms with Gasteiger partial charge in [-0.1, -0.05) is 10.3 Å². The summed E-state index contributed by atoms with van der Waals surface area (Å²) in [7, 11) is 2.73. The van der Waals surface area contributed by atoms with Gasteiger partial charge in [-0.25, -0.2) is 4.39 Å². The Kier molecular flexibility index (Phi) is 5.50. The van der Waals surface area contributed by atoms with E-state index in [0.717, 1.165) is 0 Å². The third-order valence-corrected chi connectivity index (χ3v) is 2.09. The van der Waals surface area contributed by atoms with Crippen molar-refractivity contribution in [1.29, 1.82) is 0 Å². The maximum Gasteiger partial charge on any atom is 0.176 e. The van der Waals surface area contributed by atoms with E-state index in [9.17, 15) is 9.18 Å². The van der Waals surface area contributed by atoms with Gasteiger partial charge in [-0.15, -0.1) is 0 Å². The highest BCUT2D eigenvalue weighted by atomic mass is 19.1. The number of oxime groups is 2. The van der Waals surface area contributed by atoms with Crippen LogP contribution >= 0.6 is 0 Å². The zero-order valence-corrected chi connectivity index (χ0v) is 10.0. The lowest BCUT2D eigenvalue weighted by atomic mass is 10.00. The minimum Gasteiger partial charge on any atom is -0.399 e. The average molecular weight is 252 g/mol. The molecule has 1 rings (SSSR count). The van der Waals surface area contributed by atoms with Crippen molar-refractivity contribution < 1.29 is 18.9 Å². The Morgan fingerprint density at radius 3 is 2.11 bits per heavy atom. The molecular weight excluding hydrogens is 239 g/mol. The smallest absolute Gasteiger partial charge is 0.176 e. The van der Waals surface area contributed by atoms with Crippen LogP contribution in [0.15, 0.2) is 34.6 Å². The highest BCUT2D eigenvalue weighted by molar-refractivity contribution is 6.15. The van der Waals surface area contributed by atoms with E-state index in [2.05, 4.69) is 20.0 Å². The van der Waals surface area contributed by atoms with Gasteiger partial charge in [0.2, 0.25) is 0 Å². The Hall–Kier alpha value is -2.24. The quantitative estimate of drug-likeness (QED) is 0.441. The van der Waals surface area contributed by atoms with E-state index in [1.165, 1.54) is 50.9 Å². The van der Waals surface area contributed by atoms with E-state index in [0.29, 0.717) is 5.56 Å². The van der Waals surface area contributed by atoms with Crippen molar-refractivity contribution in [3.63, 3.8) is 0 Å². The minimum atomic E-state index is -0.727. The second-order valence-corrected chi connectivity index (χ2v) is 3.27. The Morgan fingerprint density at radius 2 is 1.67 bits per heavy atom. The van der Waals surface area contributed by atoms with Gasteiger partial charge < -0.3 is 9.68 Å². The van der Waals surface area contributed by atoms with Gasteiger partial charge in [0.15, 0.2) is 5.78 Å². The molecule has 0 aliphatic heterocycles. The van der Waals surface area contributed by atoms with Crippen molar-refractivity contribution in [2.75, 3.05) is 14.2 Å². The molecule has 1 unspecified atom stereocenters. The number of halogens is 1. The lowest BCUT2D eigenvalue weighted by Gasteiger charge is -2.05. The van der Waals surface area contributed by atoms with Crippen LogP contribution in [0.2, 0.25) is 0 Å². The first-order valence-electron chi connectivity index (χ1n) is 5.12. The van der Waals surface area contributed by atoms with E-state index in [1.807, 2.05) is 0 Å². The second-order valence-electron chi connectivity index (χ2n) is 3.27. The molecule has 1 atom stereocenters. The fraction of sp³-hybridized carbons (Fsp3) is 0.250. The molecule has 1 aromatic rings. The van der Waals surface area contributed by atoms with Gasteiger partial charge in [0.05, 0.1) is 18.3 Å². The first-order valence-corrected chi connectivity index (χ1v) is 5.12. The van der Waals surface area contributed by atoms with Gasteiger partial charge in [-0.05, 0) is 24.3 Å². The molecular formula is C12H13FN2O3. The number of ketones is 1. The predicted molar refractivity (Wildman–Crippen MR) is 65.2 cm³/mol. The van der Waals surface area contributed by atoms with Crippen LogP contribution in [0.5, 0.6) is 0 Å². The molecule has 0 saturated heterocycles. The SMILES string of the molecule is CO/N=C\C(/C=N/OC)C(=O)c1ccc(F)cc1. The topological polar surface area (TPSA) is 60.3 Å². The van der Waals surface area contributed by atoms with Crippen molar-refractivity contribution in [3.8, 4) is 0 Å². The molecule has 0 fully saturated rings. The number of carbonyl (C=O) groups is 1. The first-order chi connectivity index (χ1) is 8.69. The molecule has 1 aromatic carbocycles. The second kappa shape index (κ2) is 7.16. The molecule has 0 radical (unpaired) electrons. The molecule has 0 aliphatic carbocycles. The molecule has 0 bridgehead atoms. The number of carbonyl (C=O) groups excluding carboxylic acids is 1. The molecule has 96 valence electrons. The van der Waals surface area contributed by atoms with Crippen LogP contribution in [0.1, 0.15) is 10.4 Å². The predicted octanol–water partition coefficient (Wildman–Crippen LogP) is 1.89. The third kappa shape index (κ3) is 3.97. The molecule has 0 heterocycles. The fourth-order valence-electron chi connectivity index (χ4n) is 1.23. The summed E-state index contributed by atoms with van der Waals surface area (Å²) in [5.74, 6) is -1.41. The monoisotopic (exact) mass is 252 g/mol. The van der Waals surface area contributed by atoms with Crippen LogP contribution in [-0.2, 0) is 9.68 Å². The van der Waals surface area contributed by atoms with Gasteiger partial charge in [-0.2, -0.15) is 0 Å². The maximum atomic E-state index is 12.8. The molecule has 0 amide bonds. The molecule has 6 heteroatoms. The number of benzene rings is 1. The molecule has 0 saturated carbocycles. The lowest BCUT2D eigenvalue weighted by molar-refractivity contribution is 0.0977.